The van der Waals surface area contributed by atoms with Crippen molar-refractivity contribution in [2.45, 2.75) is 37.5 Å². The molecular weight excluding hydrogens is 356 g/mol. The molecule has 3 heterocycles. The lowest BCUT2D eigenvalue weighted by atomic mass is 9.98. The van der Waals surface area contributed by atoms with E-state index in [0.717, 1.165) is 47.8 Å². The minimum atomic E-state index is -0.0477. The van der Waals surface area contributed by atoms with Crippen LogP contribution in [-0.2, 0) is 12.8 Å². The largest absolute Gasteiger partial charge is 0.283 e. The summed E-state index contributed by atoms with van der Waals surface area (Å²) >= 11 is 1.66. The molecule has 0 N–H and O–H groups in total. The van der Waals surface area contributed by atoms with E-state index in [2.05, 4.69) is 21.9 Å². The zero-order chi connectivity index (χ0) is 19.1. The average Bonchev–Trinajstić information content (AvgIpc) is 2.72. The van der Waals surface area contributed by atoms with Crippen LogP contribution in [0.2, 0.25) is 0 Å². The quantitative estimate of drug-likeness (QED) is 0.554. The van der Waals surface area contributed by atoms with Crippen LogP contribution in [0.25, 0.3) is 5.69 Å². The lowest BCUT2D eigenvalue weighted by Gasteiger charge is -2.11. The zero-order valence-electron chi connectivity index (χ0n) is 15.7. The van der Waals surface area contributed by atoms with E-state index in [0.29, 0.717) is 5.92 Å². The highest BCUT2D eigenvalue weighted by Crippen LogP contribution is 2.16. The van der Waals surface area contributed by atoms with Gasteiger partial charge in [0.1, 0.15) is 5.82 Å². The maximum absolute atomic E-state index is 11.9. The fraction of sp³-hybridized carbons (Fsp3) is 0.333. The van der Waals surface area contributed by atoms with Crippen molar-refractivity contribution in [3.05, 3.63) is 77.0 Å². The van der Waals surface area contributed by atoms with Gasteiger partial charge in [-0.05, 0) is 49.6 Å². The fourth-order valence-corrected chi connectivity index (χ4v) is 3.16. The molecule has 0 radical (unpaired) electrons. The Bertz CT molecular complexity index is 906. The van der Waals surface area contributed by atoms with Crippen molar-refractivity contribution >= 4 is 11.8 Å². The molecular formula is C21H24N4OS. The first kappa shape index (κ1) is 19.3. The topological polar surface area (TPSA) is 60.7 Å². The monoisotopic (exact) mass is 380 g/mol. The number of rotatable bonds is 8. The van der Waals surface area contributed by atoms with Crippen LogP contribution in [0.5, 0.6) is 0 Å². The van der Waals surface area contributed by atoms with Crippen molar-refractivity contribution in [1.29, 1.82) is 0 Å². The molecule has 0 aliphatic carbocycles. The normalized spacial score (nSPS) is 12.1. The first-order valence-corrected chi connectivity index (χ1v) is 10.4. The van der Waals surface area contributed by atoms with E-state index in [9.17, 15) is 4.79 Å². The third kappa shape index (κ3) is 5.50. The van der Waals surface area contributed by atoms with Gasteiger partial charge in [0.05, 0.1) is 11.9 Å². The zero-order valence-corrected chi connectivity index (χ0v) is 16.5. The van der Waals surface area contributed by atoms with Gasteiger partial charge in [-0.25, -0.2) is 9.97 Å². The van der Waals surface area contributed by atoms with E-state index >= 15 is 0 Å². The van der Waals surface area contributed by atoms with Crippen LogP contribution < -0.4 is 5.56 Å². The van der Waals surface area contributed by atoms with Crippen LogP contribution in [-0.4, -0.2) is 25.8 Å². The Kier molecular flexibility index (Phi) is 6.76. The molecule has 0 aliphatic heterocycles. The second kappa shape index (κ2) is 9.46. The Morgan fingerprint density at radius 3 is 2.44 bits per heavy atom. The van der Waals surface area contributed by atoms with Crippen molar-refractivity contribution in [1.82, 2.24) is 19.5 Å². The molecule has 3 rings (SSSR count). The van der Waals surface area contributed by atoms with E-state index in [1.54, 1.807) is 40.9 Å². The third-order valence-corrected chi connectivity index (χ3v) is 5.26. The number of nitrogens with zero attached hydrogens (tertiary/aromatic N) is 4. The third-order valence-electron chi connectivity index (χ3n) is 4.58. The highest BCUT2D eigenvalue weighted by molar-refractivity contribution is 7.98. The fourth-order valence-electron chi connectivity index (χ4n) is 2.84. The summed E-state index contributed by atoms with van der Waals surface area (Å²) in [6.07, 6.45) is 13.3. The van der Waals surface area contributed by atoms with E-state index in [4.69, 9.17) is 0 Å². The van der Waals surface area contributed by atoms with Crippen LogP contribution in [0, 0.1) is 5.92 Å². The van der Waals surface area contributed by atoms with Gasteiger partial charge in [-0.15, -0.1) is 11.8 Å². The standard InChI is InChI=1S/C21H24N4OS/c1-16(7-11-20-23-14-19(27-2)15-24-20)6-8-17-9-10-18(13-22-17)25-12-4-3-5-21(25)26/h3-5,9-10,12-16H,6-8,11H2,1-2H3. The molecule has 6 heteroatoms. The average molecular weight is 381 g/mol. The number of pyridine rings is 2. The van der Waals surface area contributed by atoms with E-state index in [1.165, 1.54) is 0 Å². The molecule has 1 atom stereocenters. The Balaban J connectivity index is 1.49. The number of aromatic nitrogens is 4. The Hall–Kier alpha value is -2.47. The van der Waals surface area contributed by atoms with Crippen molar-refractivity contribution < 1.29 is 0 Å². The van der Waals surface area contributed by atoms with Gasteiger partial charge in [-0.1, -0.05) is 13.0 Å². The van der Waals surface area contributed by atoms with E-state index in [-0.39, 0.29) is 5.56 Å². The lowest BCUT2D eigenvalue weighted by Crippen LogP contribution is -2.15. The molecule has 27 heavy (non-hydrogen) atoms. The number of aryl methyl sites for hydroxylation is 2. The van der Waals surface area contributed by atoms with Crippen molar-refractivity contribution in [2.24, 2.45) is 5.92 Å². The molecule has 0 fully saturated rings. The molecule has 0 saturated heterocycles. The summed E-state index contributed by atoms with van der Waals surface area (Å²) in [6, 6.07) is 9.09. The van der Waals surface area contributed by atoms with Gasteiger partial charge < -0.3 is 0 Å². The smallest absolute Gasteiger partial charge is 0.255 e. The number of hydrogen-bond donors (Lipinski definition) is 0. The maximum atomic E-state index is 11.9. The van der Waals surface area contributed by atoms with E-state index < -0.39 is 0 Å². The van der Waals surface area contributed by atoms with Gasteiger partial charge in [0.15, 0.2) is 0 Å². The molecule has 5 nitrogen and oxygen atoms in total. The lowest BCUT2D eigenvalue weighted by molar-refractivity contribution is 0.484. The van der Waals surface area contributed by atoms with Gasteiger partial charge in [0, 0.05) is 41.7 Å². The van der Waals surface area contributed by atoms with Crippen molar-refractivity contribution in [2.75, 3.05) is 6.26 Å². The molecule has 0 saturated carbocycles. The maximum Gasteiger partial charge on any atom is 0.255 e. The predicted octanol–water partition coefficient (Wildman–Crippen LogP) is 3.95. The summed E-state index contributed by atoms with van der Waals surface area (Å²) in [4.78, 5) is 26.3. The minimum absolute atomic E-state index is 0.0477. The highest BCUT2D eigenvalue weighted by atomic mass is 32.2. The predicted molar refractivity (Wildman–Crippen MR) is 109 cm³/mol. The molecule has 3 aromatic rings. The van der Waals surface area contributed by atoms with Gasteiger partial charge in [0.2, 0.25) is 0 Å². The summed E-state index contributed by atoms with van der Waals surface area (Å²) < 4.78 is 1.60. The molecule has 140 valence electrons. The highest BCUT2D eigenvalue weighted by Gasteiger charge is 2.07. The summed E-state index contributed by atoms with van der Waals surface area (Å²) in [7, 11) is 0. The molecule has 1 unspecified atom stereocenters. The van der Waals surface area contributed by atoms with Crippen molar-refractivity contribution in [3.63, 3.8) is 0 Å². The Morgan fingerprint density at radius 1 is 1.00 bits per heavy atom. The van der Waals surface area contributed by atoms with Crippen LogP contribution in [0.3, 0.4) is 0 Å². The molecule has 3 aromatic heterocycles. The Morgan fingerprint density at radius 2 is 1.78 bits per heavy atom. The summed E-state index contributed by atoms with van der Waals surface area (Å²) in [5, 5.41) is 0. The second-order valence-electron chi connectivity index (χ2n) is 6.64. The van der Waals surface area contributed by atoms with Crippen LogP contribution >= 0.6 is 11.8 Å². The van der Waals surface area contributed by atoms with Gasteiger partial charge in [-0.2, -0.15) is 0 Å². The Labute approximate surface area is 163 Å². The van der Waals surface area contributed by atoms with Crippen LogP contribution in [0.4, 0.5) is 0 Å². The number of hydrogen-bond acceptors (Lipinski definition) is 5. The number of thioether (sulfide) groups is 1. The molecule has 0 aromatic carbocycles. The van der Waals surface area contributed by atoms with E-state index in [1.807, 2.05) is 36.8 Å². The molecule has 0 amide bonds. The molecule has 0 spiro atoms. The van der Waals surface area contributed by atoms with Crippen molar-refractivity contribution in [3.8, 4) is 5.69 Å². The SMILES string of the molecule is CSc1cnc(CCC(C)CCc2ccc(-n3ccccc3=O)cn2)nc1. The van der Waals surface area contributed by atoms with Gasteiger partial charge in [0.25, 0.3) is 5.56 Å². The summed E-state index contributed by atoms with van der Waals surface area (Å²) in [6.45, 7) is 2.26. The molecule has 0 bridgehead atoms. The van der Waals surface area contributed by atoms with Crippen LogP contribution in [0.1, 0.15) is 31.3 Å². The minimum Gasteiger partial charge on any atom is -0.283 e. The van der Waals surface area contributed by atoms with Gasteiger partial charge in [-0.3, -0.25) is 14.3 Å². The van der Waals surface area contributed by atoms with Gasteiger partial charge >= 0.3 is 0 Å². The summed E-state index contributed by atoms with van der Waals surface area (Å²) in [5.41, 5.74) is 1.80. The van der Waals surface area contributed by atoms with Crippen LogP contribution in [0.15, 0.2) is 64.8 Å². The first-order valence-electron chi connectivity index (χ1n) is 9.13. The molecule has 0 aliphatic rings. The summed E-state index contributed by atoms with van der Waals surface area (Å²) in [5.74, 6) is 1.49. The second-order valence-corrected chi connectivity index (χ2v) is 7.52. The first-order chi connectivity index (χ1) is 13.2.